The number of amides is 1. The summed E-state index contributed by atoms with van der Waals surface area (Å²) >= 11 is 0. The lowest BCUT2D eigenvalue weighted by atomic mass is 10.2. The molecule has 0 unspecified atom stereocenters. The van der Waals surface area contributed by atoms with Gasteiger partial charge >= 0.3 is 0 Å². The predicted octanol–water partition coefficient (Wildman–Crippen LogP) is 4.65. The summed E-state index contributed by atoms with van der Waals surface area (Å²) in [5.41, 5.74) is 2.01. The van der Waals surface area contributed by atoms with Crippen LogP contribution in [0.5, 0.6) is 5.75 Å². The number of hydrogen-bond acceptors (Lipinski definition) is 5. The fraction of sp³-hybridized carbons (Fsp3) is 0.111. The second kappa shape index (κ2) is 10.9. The van der Waals surface area contributed by atoms with Gasteiger partial charge in [0, 0.05) is 30.3 Å². The molecule has 35 heavy (non-hydrogen) atoms. The molecule has 0 spiro atoms. The van der Waals surface area contributed by atoms with Crippen molar-refractivity contribution in [3.05, 3.63) is 115 Å². The molecule has 8 heteroatoms. The van der Waals surface area contributed by atoms with Crippen LogP contribution in [0.3, 0.4) is 0 Å². The lowest BCUT2D eigenvalue weighted by Gasteiger charge is -2.27. The molecule has 1 amide bonds. The molecular formula is C27H25N3O4S. The van der Waals surface area contributed by atoms with E-state index in [2.05, 4.69) is 4.98 Å². The summed E-state index contributed by atoms with van der Waals surface area (Å²) in [7, 11) is -2.45. The Balaban J connectivity index is 1.71. The van der Waals surface area contributed by atoms with Crippen LogP contribution in [0.15, 0.2) is 114 Å². The largest absolute Gasteiger partial charge is 0.497 e. The first-order valence-electron chi connectivity index (χ1n) is 11.0. The van der Waals surface area contributed by atoms with Crippen molar-refractivity contribution in [1.29, 1.82) is 0 Å². The number of para-hydroxylation sites is 2. The van der Waals surface area contributed by atoms with Crippen LogP contribution >= 0.6 is 0 Å². The summed E-state index contributed by atoms with van der Waals surface area (Å²) in [6, 6.07) is 28.4. The van der Waals surface area contributed by atoms with Crippen LogP contribution in [0.1, 0.15) is 5.56 Å². The number of ether oxygens (including phenoxy) is 1. The summed E-state index contributed by atoms with van der Waals surface area (Å²) in [6.07, 6.45) is 2.79. The van der Waals surface area contributed by atoms with E-state index >= 15 is 0 Å². The third-order valence-electron chi connectivity index (χ3n) is 5.38. The molecule has 0 radical (unpaired) electrons. The number of nitrogens with zero attached hydrogens (tertiary/aromatic N) is 3. The highest BCUT2D eigenvalue weighted by Gasteiger charge is 2.30. The summed E-state index contributed by atoms with van der Waals surface area (Å²) in [5.74, 6) is 0.272. The van der Waals surface area contributed by atoms with Gasteiger partial charge in [0.15, 0.2) is 0 Å². The lowest BCUT2D eigenvalue weighted by molar-refractivity contribution is -0.118. The molecule has 0 bridgehead atoms. The first-order chi connectivity index (χ1) is 17.0. The van der Waals surface area contributed by atoms with Gasteiger partial charge in [0.25, 0.3) is 0 Å². The van der Waals surface area contributed by atoms with Gasteiger partial charge in [0.1, 0.15) is 10.6 Å². The summed E-state index contributed by atoms with van der Waals surface area (Å²) in [5, 5.41) is 0. The van der Waals surface area contributed by atoms with Gasteiger partial charge in [-0.2, -0.15) is 4.31 Å². The third-order valence-corrected chi connectivity index (χ3v) is 7.16. The van der Waals surface area contributed by atoms with Gasteiger partial charge < -0.3 is 4.74 Å². The van der Waals surface area contributed by atoms with E-state index in [-0.39, 0.29) is 23.9 Å². The number of sulfonamides is 1. The third kappa shape index (κ3) is 5.74. The highest BCUT2D eigenvalue weighted by Crippen LogP contribution is 2.27. The minimum atomic E-state index is -4.02. The van der Waals surface area contributed by atoms with Gasteiger partial charge in [-0.1, -0.05) is 48.5 Å². The lowest BCUT2D eigenvalue weighted by Crippen LogP contribution is -2.41. The fourth-order valence-electron chi connectivity index (χ4n) is 3.62. The highest BCUT2D eigenvalue weighted by molar-refractivity contribution is 7.89. The van der Waals surface area contributed by atoms with Crippen molar-refractivity contribution in [2.75, 3.05) is 18.6 Å². The van der Waals surface area contributed by atoms with Crippen molar-refractivity contribution in [2.45, 2.75) is 11.4 Å². The standard InChI is InChI=1S/C27H25N3O4S/c1-34-25-16-14-22(15-17-25)20-29(35(32,33)26-13-8-18-28-19-26)21-27(31)30(23-9-4-2-5-10-23)24-11-6-3-7-12-24/h2-19H,20-21H2,1H3. The Labute approximate surface area is 205 Å². The number of carbonyl (C=O) groups excluding carboxylic acids is 1. The van der Waals surface area contributed by atoms with Crippen molar-refractivity contribution < 1.29 is 17.9 Å². The molecule has 0 aliphatic heterocycles. The van der Waals surface area contributed by atoms with Crippen molar-refractivity contribution in [3.63, 3.8) is 0 Å². The number of hydrogen-bond donors (Lipinski definition) is 0. The average Bonchev–Trinajstić information content (AvgIpc) is 2.90. The van der Waals surface area contributed by atoms with Crippen molar-refractivity contribution in [3.8, 4) is 5.75 Å². The Bertz CT molecular complexity index is 1310. The van der Waals surface area contributed by atoms with Crippen LogP contribution in [0, 0.1) is 0 Å². The fourth-order valence-corrected chi connectivity index (χ4v) is 4.96. The number of aromatic nitrogens is 1. The number of methoxy groups -OCH3 is 1. The molecule has 0 aliphatic carbocycles. The number of rotatable bonds is 9. The zero-order valence-corrected chi connectivity index (χ0v) is 20.0. The monoisotopic (exact) mass is 487 g/mol. The topological polar surface area (TPSA) is 79.8 Å². The van der Waals surface area contributed by atoms with Crippen LogP contribution in [-0.2, 0) is 21.4 Å². The van der Waals surface area contributed by atoms with E-state index in [4.69, 9.17) is 4.74 Å². The van der Waals surface area contributed by atoms with Crippen LogP contribution in [0.2, 0.25) is 0 Å². The molecule has 3 aromatic carbocycles. The SMILES string of the molecule is COc1ccc(CN(CC(=O)N(c2ccccc2)c2ccccc2)S(=O)(=O)c2cccnc2)cc1. The van der Waals surface area contributed by atoms with E-state index < -0.39 is 10.0 Å². The molecule has 0 fully saturated rings. The van der Waals surface area contributed by atoms with Gasteiger partial charge in [-0.25, -0.2) is 8.42 Å². The van der Waals surface area contributed by atoms with Crippen molar-refractivity contribution in [2.24, 2.45) is 0 Å². The van der Waals surface area contributed by atoms with Crippen LogP contribution in [-0.4, -0.2) is 37.3 Å². The van der Waals surface area contributed by atoms with Gasteiger partial charge in [0.05, 0.1) is 13.7 Å². The summed E-state index contributed by atoms with van der Waals surface area (Å²) < 4.78 is 33.5. The van der Waals surface area contributed by atoms with Gasteiger partial charge in [0.2, 0.25) is 15.9 Å². The van der Waals surface area contributed by atoms with Gasteiger partial charge in [-0.3, -0.25) is 14.7 Å². The number of benzene rings is 3. The second-order valence-electron chi connectivity index (χ2n) is 7.71. The first-order valence-corrected chi connectivity index (χ1v) is 12.4. The maximum absolute atomic E-state index is 13.7. The molecule has 1 aromatic heterocycles. The Morgan fingerprint density at radius 3 is 1.94 bits per heavy atom. The molecule has 0 saturated carbocycles. The normalized spacial score (nSPS) is 11.3. The van der Waals surface area contributed by atoms with E-state index in [0.29, 0.717) is 17.1 Å². The number of pyridine rings is 1. The van der Waals surface area contributed by atoms with E-state index in [0.717, 1.165) is 5.56 Å². The van der Waals surface area contributed by atoms with Crippen LogP contribution < -0.4 is 9.64 Å². The second-order valence-corrected chi connectivity index (χ2v) is 9.65. The molecule has 0 atom stereocenters. The molecule has 7 nitrogen and oxygen atoms in total. The Morgan fingerprint density at radius 2 is 1.43 bits per heavy atom. The average molecular weight is 488 g/mol. The van der Waals surface area contributed by atoms with E-state index in [1.54, 1.807) is 37.4 Å². The Hall–Kier alpha value is -4.01. The Kier molecular flexibility index (Phi) is 7.54. The van der Waals surface area contributed by atoms with Crippen LogP contribution in [0.25, 0.3) is 0 Å². The number of carbonyl (C=O) groups is 1. The minimum absolute atomic E-state index is 0.00435. The molecule has 4 rings (SSSR count). The molecule has 0 aliphatic rings. The van der Waals surface area contributed by atoms with E-state index in [9.17, 15) is 13.2 Å². The highest BCUT2D eigenvalue weighted by atomic mass is 32.2. The zero-order valence-electron chi connectivity index (χ0n) is 19.2. The van der Waals surface area contributed by atoms with Gasteiger partial charge in [-0.05, 0) is 54.1 Å². The van der Waals surface area contributed by atoms with E-state index in [1.807, 2.05) is 60.7 Å². The molecule has 4 aromatic rings. The van der Waals surface area contributed by atoms with Crippen molar-refractivity contribution in [1.82, 2.24) is 9.29 Å². The van der Waals surface area contributed by atoms with E-state index in [1.165, 1.54) is 27.7 Å². The molecule has 0 saturated heterocycles. The smallest absolute Gasteiger partial charge is 0.246 e. The van der Waals surface area contributed by atoms with Crippen molar-refractivity contribution >= 4 is 27.3 Å². The van der Waals surface area contributed by atoms with Gasteiger partial charge in [-0.15, -0.1) is 0 Å². The predicted molar refractivity (Wildman–Crippen MR) is 135 cm³/mol. The first kappa shape index (κ1) is 24.1. The quantitative estimate of drug-likeness (QED) is 0.343. The summed E-state index contributed by atoms with van der Waals surface area (Å²) in [6.45, 7) is -0.364. The number of anilines is 2. The molecule has 1 heterocycles. The maximum atomic E-state index is 13.7. The molecular weight excluding hydrogens is 462 g/mol. The van der Waals surface area contributed by atoms with Crippen LogP contribution in [0.4, 0.5) is 11.4 Å². The molecule has 178 valence electrons. The minimum Gasteiger partial charge on any atom is -0.497 e. The maximum Gasteiger partial charge on any atom is 0.246 e. The Morgan fingerprint density at radius 1 is 0.829 bits per heavy atom. The summed E-state index contributed by atoms with van der Waals surface area (Å²) in [4.78, 5) is 19.2. The zero-order chi connectivity index (χ0) is 24.7. The molecule has 0 N–H and O–H groups in total.